The van der Waals surface area contributed by atoms with Crippen LogP contribution < -0.4 is 4.90 Å². The Bertz CT molecular complexity index is 348. The van der Waals surface area contributed by atoms with E-state index in [1.165, 1.54) is 17.7 Å². The fourth-order valence-corrected chi connectivity index (χ4v) is 2.33. The molecule has 88 valence electrons. The number of rotatable bonds is 5. The van der Waals surface area contributed by atoms with Crippen LogP contribution in [0.5, 0.6) is 0 Å². The van der Waals surface area contributed by atoms with Crippen LogP contribution in [0.1, 0.15) is 31.0 Å². The van der Waals surface area contributed by atoms with Crippen LogP contribution in [-0.4, -0.2) is 34.8 Å². The van der Waals surface area contributed by atoms with Gasteiger partial charge in [0.25, 0.3) is 0 Å². The van der Waals surface area contributed by atoms with Crippen LogP contribution in [0.3, 0.4) is 0 Å². The monoisotopic (exact) mass is 221 g/mol. The van der Waals surface area contributed by atoms with E-state index in [9.17, 15) is 0 Å². The van der Waals surface area contributed by atoms with Crippen molar-refractivity contribution >= 4 is 5.82 Å². The summed E-state index contributed by atoms with van der Waals surface area (Å²) in [6.45, 7) is 3.94. The summed E-state index contributed by atoms with van der Waals surface area (Å²) in [6.07, 6.45) is 6.06. The van der Waals surface area contributed by atoms with Crippen molar-refractivity contribution in [2.75, 3.05) is 24.6 Å². The van der Waals surface area contributed by atoms with E-state index in [4.69, 9.17) is 5.11 Å². The lowest BCUT2D eigenvalue weighted by Gasteiger charge is -2.24. The number of hydrogen-bond donors (Lipinski definition) is 1. The third-order valence-electron chi connectivity index (χ3n) is 3.02. The number of aliphatic hydroxyl groups excluding tert-OH is 1. The van der Waals surface area contributed by atoms with Gasteiger partial charge >= 0.3 is 0 Å². The minimum absolute atomic E-state index is 0.179. The lowest BCUT2D eigenvalue weighted by molar-refractivity contribution is 0.301. The van der Waals surface area contributed by atoms with Crippen molar-refractivity contribution in [2.45, 2.75) is 32.6 Å². The molecule has 1 aliphatic rings. The molecule has 1 aliphatic carbocycles. The zero-order valence-electron chi connectivity index (χ0n) is 9.82. The van der Waals surface area contributed by atoms with Gasteiger partial charge in [0, 0.05) is 24.3 Å². The van der Waals surface area contributed by atoms with E-state index < -0.39 is 0 Å². The van der Waals surface area contributed by atoms with E-state index in [0.717, 1.165) is 31.6 Å². The molecule has 0 aliphatic heterocycles. The molecule has 0 fully saturated rings. The smallest absolute Gasteiger partial charge is 0.135 e. The van der Waals surface area contributed by atoms with Crippen molar-refractivity contribution in [3.63, 3.8) is 0 Å². The Kier molecular flexibility index (Phi) is 3.72. The summed E-state index contributed by atoms with van der Waals surface area (Å²) in [4.78, 5) is 10.9. The van der Waals surface area contributed by atoms with Gasteiger partial charge < -0.3 is 10.0 Å². The first-order valence-corrected chi connectivity index (χ1v) is 6.05. The Balaban J connectivity index is 2.26. The number of nitrogens with zero attached hydrogens (tertiary/aromatic N) is 3. The minimum Gasteiger partial charge on any atom is -0.395 e. The van der Waals surface area contributed by atoms with Gasteiger partial charge in [-0.1, -0.05) is 6.92 Å². The maximum Gasteiger partial charge on any atom is 0.135 e. The Labute approximate surface area is 96.3 Å². The zero-order valence-corrected chi connectivity index (χ0v) is 9.82. The largest absolute Gasteiger partial charge is 0.395 e. The topological polar surface area (TPSA) is 49.2 Å². The summed E-state index contributed by atoms with van der Waals surface area (Å²) < 4.78 is 0. The highest BCUT2D eigenvalue weighted by atomic mass is 16.3. The van der Waals surface area contributed by atoms with Crippen LogP contribution in [0.2, 0.25) is 0 Å². The molecule has 0 saturated heterocycles. The molecule has 4 heteroatoms. The van der Waals surface area contributed by atoms with Gasteiger partial charge in [-0.3, -0.25) is 0 Å². The fourth-order valence-electron chi connectivity index (χ4n) is 2.33. The molecule has 1 heterocycles. The van der Waals surface area contributed by atoms with E-state index in [0.29, 0.717) is 6.54 Å². The maximum atomic E-state index is 9.09. The highest BCUT2D eigenvalue weighted by Gasteiger charge is 2.20. The van der Waals surface area contributed by atoms with E-state index in [-0.39, 0.29) is 6.61 Å². The van der Waals surface area contributed by atoms with Crippen molar-refractivity contribution in [3.05, 3.63) is 17.6 Å². The molecule has 0 unspecified atom stereocenters. The van der Waals surface area contributed by atoms with Crippen molar-refractivity contribution in [1.82, 2.24) is 9.97 Å². The second kappa shape index (κ2) is 5.25. The van der Waals surface area contributed by atoms with Crippen molar-refractivity contribution < 1.29 is 5.11 Å². The fraction of sp³-hybridized carbons (Fsp3) is 0.667. The van der Waals surface area contributed by atoms with Crippen molar-refractivity contribution in [1.29, 1.82) is 0 Å². The molecule has 0 spiro atoms. The molecule has 0 radical (unpaired) electrons. The second-order valence-electron chi connectivity index (χ2n) is 4.19. The van der Waals surface area contributed by atoms with Crippen LogP contribution in [-0.2, 0) is 12.8 Å². The van der Waals surface area contributed by atoms with Crippen LogP contribution in [0, 0.1) is 0 Å². The van der Waals surface area contributed by atoms with Crippen LogP contribution >= 0.6 is 0 Å². The summed E-state index contributed by atoms with van der Waals surface area (Å²) in [5, 5.41) is 9.09. The molecule has 0 atom stereocenters. The van der Waals surface area contributed by atoms with Crippen LogP contribution in [0.4, 0.5) is 5.82 Å². The Morgan fingerprint density at radius 1 is 1.31 bits per heavy atom. The standard InChI is InChI=1S/C12H19N3O/c1-2-6-15(7-8-16)12-10-4-3-5-11(10)13-9-14-12/h9,16H,2-8H2,1H3. The number of hydrogen-bond acceptors (Lipinski definition) is 4. The molecule has 16 heavy (non-hydrogen) atoms. The first-order valence-electron chi connectivity index (χ1n) is 6.05. The summed E-state index contributed by atoms with van der Waals surface area (Å²) in [5.41, 5.74) is 2.49. The number of aryl methyl sites for hydroxylation is 1. The molecule has 2 rings (SSSR count). The van der Waals surface area contributed by atoms with Gasteiger partial charge in [0.1, 0.15) is 12.1 Å². The van der Waals surface area contributed by atoms with Gasteiger partial charge in [0.2, 0.25) is 0 Å². The third-order valence-corrected chi connectivity index (χ3v) is 3.02. The van der Waals surface area contributed by atoms with Crippen molar-refractivity contribution in [3.8, 4) is 0 Å². The highest BCUT2D eigenvalue weighted by Crippen LogP contribution is 2.27. The van der Waals surface area contributed by atoms with E-state index in [2.05, 4.69) is 21.8 Å². The summed E-state index contributed by atoms with van der Waals surface area (Å²) in [5.74, 6) is 1.04. The average molecular weight is 221 g/mol. The molecule has 0 aromatic carbocycles. The lowest BCUT2D eigenvalue weighted by Crippen LogP contribution is -2.29. The molecule has 0 saturated carbocycles. The molecule has 1 aromatic heterocycles. The molecule has 0 amide bonds. The first-order chi connectivity index (χ1) is 7.86. The second-order valence-corrected chi connectivity index (χ2v) is 4.19. The van der Waals surface area contributed by atoms with Gasteiger partial charge in [-0.05, 0) is 25.7 Å². The molecule has 1 N–H and O–H groups in total. The van der Waals surface area contributed by atoms with Crippen molar-refractivity contribution in [2.24, 2.45) is 0 Å². The first kappa shape index (κ1) is 11.3. The highest BCUT2D eigenvalue weighted by molar-refractivity contribution is 5.50. The maximum absolute atomic E-state index is 9.09. The molecule has 1 aromatic rings. The predicted octanol–water partition coefficient (Wildman–Crippen LogP) is 1.17. The summed E-state index contributed by atoms with van der Waals surface area (Å²) in [7, 11) is 0. The number of aliphatic hydroxyl groups is 1. The number of anilines is 1. The van der Waals surface area contributed by atoms with Gasteiger partial charge in [-0.2, -0.15) is 0 Å². The Hall–Kier alpha value is -1.16. The summed E-state index contributed by atoms with van der Waals surface area (Å²) in [6, 6.07) is 0. The van der Waals surface area contributed by atoms with Gasteiger partial charge in [-0.25, -0.2) is 9.97 Å². The van der Waals surface area contributed by atoms with Gasteiger partial charge in [0.15, 0.2) is 0 Å². The number of fused-ring (bicyclic) bond motifs is 1. The molecule has 0 bridgehead atoms. The van der Waals surface area contributed by atoms with Crippen LogP contribution in [0.25, 0.3) is 0 Å². The van der Waals surface area contributed by atoms with Gasteiger partial charge in [-0.15, -0.1) is 0 Å². The van der Waals surface area contributed by atoms with Crippen LogP contribution in [0.15, 0.2) is 6.33 Å². The average Bonchev–Trinajstić information content (AvgIpc) is 2.76. The normalized spacial score (nSPS) is 13.9. The SMILES string of the molecule is CCCN(CCO)c1ncnc2c1CCC2. The Morgan fingerprint density at radius 3 is 2.94 bits per heavy atom. The zero-order chi connectivity index (χ0) is 11.4. The number of aromatic nitrogens is 2. The van der Waals surface area contributed by atoms with E-state index in [1.807, 2.05) is 0 Å². The Morgan fingerprint density at radius 2 is 2.19 bits per heavy atom. The third kappa shape index (κ3) is 2.16. The van der Waals surface area contributed by atoms with E-state index >= 15 is 0 Å². The molecular weight excluding hydrogens is 202 g/mol. The predicted molar refractivity (Wildman–Crippen MR) is 63.6 cm³/mol. The quantitative estimate of drug-likeness (QED) is 0.811. The van der Waals surface area contributed by atoms with Gasteiger partial charge in [0.05, 0.1) is 6.61 Å². The van der Waals surface area contributed by atoms with E-state index in [1.54, 1.807) is 6.33 Å². The lowest BCUT2D eigenvalue weighted by atomic mass is 10.2. The minimum atomic E-state index is 0.179. The summed E-state index contributed by atoms with van der Waals surface area (Å²) >= 11 is 0. The molecular formula is C12H19N3O. The molecule has 4 nitrogen and oxygen atoms in total.